The Balaban J connectivity index is 0.000000861. The van der Waals surface area contributed by atoms with E-state index in [4.69, 9.17) is 29.9 Å². The van der Waals surface area contributed by atoms with E-state index in [1.54, 1.807) is 12.1 Å². The van der Waals surface area contributed by atoms with E-state index in [2.05, 4.69) is 0 Å². The smallest absolute Gasteiger partial charge is 0.261 e. The van der Waals surface area contributed by atoms with Crippen molar-refractivity contribution in [3.63, 3.8) is 0 Å². The van der Waals surface area contributed by atoms with Crippen molar-refractivity contribution in [1.82, 2.24) is 0 Å². The first kappa shape index (κ1) is 26.3. The van der Waals surface area contributed by atoms with Crippen LogP contribution >= 0.6 is 0 Å². The summed E-state index contributed by atoms with van der Waals surface area (Å²) in [4.78, 5) is 0. The average Bonchev–Trinajstić information content (AvgIpc) is 2.67. The SMILES string of the molecule is CC(C)Oc1ccccc1OCCCCCOc1ccc(C(=N)N)cc1.CS(=O)(=O)O. The van der Waals surface area contributed by atoms with E-state index in [9.17, 15) is 8.42 Å². The summed E-state index contributed by atoms with van der Waals surface area (Å²) in [7, 11) is -3.67. The molecule has 0 amide bonds. The first-order chi connectivity index (χ1) is 14.6. The first-order valence-electron chi connectivity index (χ1n) is 9.94. The molecule has 0 atom stereocenters. The molecule has 0 aromatic heterocycles. The first-order valence-corrected chi connectivity index (χ1v) is 11.8. The molecule has 0 saturated heterocycles. The van der Waals surface area contributed by atoms with Crippen molar-refractivity contribution in [2.24, 2.45) is 5.73 Å². The zero-order valence-electron chi connectivity index (χ0n) is 18.2. The fourth-order valence-electron chi connectivity index (χ4n) is 2.40. The second kappa shape index (κ2) is 13.5. The summed E-state index contributed by atoms with van der Waals surface area (Å²) in [6, 6.07) is 15.0. The fraction of sp³-hybridized carbons (Fsp3) is 0.409. The number of ether oxygens (including phenoxy) is 3. The number of nitrogen functional groups attached to an aromatic ring is 1. The predicted molar refractivity (Wildman–Crippen MR) is 122 cm³/mol. The maximum Gasteiger partial charge on any atom is 0.261 e. The molecule has 0 aliphatic heterocycles. The van der Waals surface area contributed by atoms with Crippen LogP contribution in [0, 0.1) is 5.41 Å². The molecule has 0 fully saturated rings. The van der Waals surface area contributed by atoms with Crippen LogP contribution in [0.4, 0.5) is 0 Å². The largest absolute Gasteiger partial charge is 0.494 e. The Morgan fingerprint density at radius 2 is 1.48 bits per heavy atom. The summed E-state index contributed by atoms with van der Waals surface area (Å²) < 4.78 is 43.2. The summed E-state index contributed by atoms with van der Waals surface area (Å²) in [6.45, 7) is 5.33. The molecule has 0 radical (unpaired) electrons. The van der Waals surface area contributed by atoms with Crippen molar-refractivity contribution < 1.29 is 27.2 Å². The number of para-hydroxylation sites is 2. The molecule has 0 bridgehead atoms. The van der Waals surface area contributed by atoms with Gasteiger partial charge in [-0.1, -0.05) is 12.1 Å². The third kappa shape index (κ3) is 13.2. The minimum atomic E-state index is -3.67. The summed E-state index contributed by atoms with van der Waals surface area (Å²) in [5.41, 5.74) is 6.13. The highest BCUT2D eigenvalue weighted by Gasteiger charge is 2.05. The molecule has 8 nitrogen and oxygen atoms in total. The van der Waals surface area contributed by atoms with Gasteiger partial charge in [-0.3, -0.25) is 9.96 Å². The standard InChI is InChI=1S/C21H28N2O3.CH4O3S/c1-16(2)26-20-9-5-4-8-19(20)25-15-7-3-6-14-24-18-12-10-17(11-13-18)21(22)23;1-5(2,3)4/h4-5,8-13,16H,3,6-7,14-15H2,1-2H3,(H3,22,23);1H3,(H,2,3,4). The molecular weight excluding hydrogens is 420 g/mol. The highest BCUT2D eigenvalue weighted by molar-refractivity contribution is 7.85. The van der Waals surface area contributed by atoms with Gasteiger partial charge >= 0.3 is 0 Å². The normalized spacial score (nSPS) is 10.7. The van der Waals surface area contributed by atoms with Gasteiger partial charge < -0.3 is 19.9 Å². The molecule has 0 aliphatic carbocycles. The van der Waals surface area contributed by atoms with Crippen LogP contribution in [0.25, 0.3) is 0 Å². The molecule has 2 aromatic carbocycles. The van der Waals surface area contributed by atoms with Crippen LogP contribution in [0.1, 0.15) is 38.7 Å². The van der Waals surface area contributed by atoms with E-state index in [0.29, 0.717) is 25.0 Å². The Bertz CT molecular complexity index is 890. The maximum absolute atomic E-state index is 9.19. The molecule has 2 rings (SSSR count). The number of nitrogens with two attached hydrogens (primary N) is 1. The van der Waals surface area contributed by atoms with E-state index >= 15 is 0 Å². The van der Waals surface area contributed by atoms with Crippen LogP contribution in [0.2, 0.25) is 0 Å². The number of hydrogen-bond acceptors (Lipinski definition) is 6. The summed E-state index contributed by atoms with van der Waals surface area (Å²) >= 11 is 0. The van der Waals surface area contributed by atoms with Gasteiger partial charge in [0.05, 0.1) is 25.6 Å². The third-order valence-electron chi connectivity index (χ3n) is 3.69. The summed E-state index contributed by atoms with van der Waals surface area (Å²) in [5, 5.41) is 7.36. The number of rotatable bonds is 11. The molecule has 0 aliphatic rings. The maximum atomic E-state index is 9.19. The Morgan fingerprint density at radius 1 is 0.968 bits per heavy atom. The zero-order chi connectivity index (χ0) is 23.3. The van der Waals surface area contributed by atoms with Crippen molar-refractivity contribution in [2.45, 2.75) is 39.2 Å². The van der Waals surface area contributed by atoms with Crippen molar-refractivity contribution in [3.8, 4) is 17.2 Å². The number of nitrogens with one attached hydrogen (secondary N) is 1. The number of benzene rings is 2. The van der Waals surface area contributed by atoms with Crippen molar-refractivity contribution in [2.75, 3.05) is 19.5 Å². The van der Waals surface area contributed by atoms with Crippen LogP contribution in [-0.4, -0.2) is 44.4 Å². The van der Waals surface area contributed by atoms with Gasteiger partial charge in [0, 0.05) is 5.56 Å². The van der Waals surface area contributed by atoms with Crippen LogP contribution in [0.5, 0.6) is 17.2 Å². The fourth-order valence-corrected chi connectivity index (χ4v) is 2.40. The van der Waals surface area contributed by atoms with Gasteiger partial charge in [0.2, 0.25) is 0 Å². The molecule has 0 heterocycles. The van der Waals surface area contributed by atoms with E-state index in [-0.39, 0.29) is 11.9 Å². The highest BCUT2D eigenvalue weighted by Crippen LogP contribution is 2.27. The Labute approximate surface area is 184 Å². The lowest BCUT2D eigenvalue weighted by atomic mass is 10.2. The zero-order valence-corrected chi connectivity index (χ0v) is 19.0. The molecule has 172 valence electrons. The number of amidine groups is 1. The van der Waals surface area contributed by atoms with Crippen LogP contribution in [0.15, 0.2) is 48.5 Å². The third-order valence-corrected chi connectivity index (χ3v) is 3.69. The minimum absolute atomic E-state index is 0.0666. The summed E-state index contributed by atoms with van der Waals surface area (Å²) in [5.74, 6) is 2.45. The number of unbranched alkanes of at least 4 members (excludes halogenated alkanes) is 2. The van der Waals surface area contributed by atoms with E-state index in [0.717, 1.165) is 36.5 Å². The molecule has 0 spiro atoms. The lowest BCUT2D eigenvalue weighted by molar-refractivity contribution is 0.218. The molecule has 0 saturated carbocycles. The van der Waals surface area contributed by atoms with Crippen LogP contribution < -0.4 is 19.9 Å². The Hall–Kier alpha value is -2.78. The van der Waals surface area contributed by atoms with Gasteiger partial charge in [0.25, 0.3) is 10.1 Å². The Morgan fingerprint density at radius 3 is 2.00 bits per heavy atom. The predicted octanol–water partition coefficient (Wildman–Crippen LogP) is 3.89. The topological polar surface area (TPSA) is 132 Å². The molecule has 4 N–H and O–H groups in total. The Kier molecular flexibility index (Phi) is 11.4. The number of hydrogen-bond donors (Lipinski definition) is 3. The monoisotopic (exact) mass is 452 g/mol. The van der Waals surface area contributed by atoms with Crippen LogP contribution in [0.3, 0.4) is 0 Å². The van der Waals surface area contributed by atoms with Crippen molar-refractivity contribution in [3.05, 3.63) is 54.1 Å². The van der Waals surface area contributed by atoms with Crippen molar-refractivity contribution >= 4 is 16.0 Å². The second-order valence-corrected chi connectivity index (χ2v) is 8.51. The highest BCUT2D eigenvalue weighted by atomic mass is 32.2. The summed E-state index contributed by atoms with van der Waals surface area (Å²) in [6.07, 6.45) is 3.79. The lowest BCUT2D eigenvalue weighted by Crippen LogP contribution is -2.10. The van der Waals surface area contributed by atoms with Gasteiger partial charge in [0.15, 0.2) is 11.5 Å². The van der Waals surface area contributed by atoms with Gasteiger partial charge in [-0.25, -0.2) is 0 Å². The van der Waals surface area contributed by atoms with E-state index in [1.807, 2.05) is 50.2 Å². The van der Waals surface area contributed by atoms with E-state index < -0.39 is 10.1 Å². The second-order valence-electron chi connectivity index (χ2n) is 7.04. The van der Waals surface area contributed by atoms with Gasteiger partial charge in [-0.05, 0) is 69.5 Å². The molecule has 2 aromatic rings. The van der Waals surface area contributed by atoms with E-state index in [1.165, 1.54) is 0 Å². The minimum Gasteiger partial charge on any atom is -0.494 e. The molecule has 9 heteroatoms. The molecular formula is C22H32N2O6S. The van der Waals surface area contributed by atoms with Crippen molar-refractivity contribution in [1.29, 1.82) is 5.41 Å². The quantitative estimate of drug-likeness (QED) is 0.204. The lowest BCUT2D eigenvalue weighted by Gasteiger charge is -2.14. The van der Waals surface area contributed by atoms with Gasteiger partial charge in [0.1, 0.15) is 11.6 Å². The van der Waals surface area contributed by atoms with Crippen LogP contribution in [-0.2, 0) is 10.1 Å². The molecule has 0 unspecified atom stereocenters. The average molecular weight is 453 g/mol. The van der Waals surface area contributed by atoms with Gasteiger partial charge in [-0.15, -0.1) is 0 Å². The van der Waals surface area contributed by atoms with Gasteiger partial charge in [-0.2, -0.15) is 8.42 Å². The molecule has 31 heavy (non-hydrogen) atoms.